The third kappa shape index (κ3) is 5.73. The van der Waals surface area contributed by atoms with Crippen LogP contribution in [0.15, 0.2) is 36.2 Å². The van der Waals surface area contributed by atoms with E-state index in [0.29, 0.717) is 17.8 Å². The Bertz CT molecular complexity index is 704. The Morgan fingerprint density at radius 3 is 1.96 bits per heavy atom. The molecule has 0 spiro atoms. The number of hydrogen-bond donors (Lipinski definition) is 0. The molecule has 2 aliphatic rings. The van der Waals surface area contributed by atoms with Gasteiger partial charge < -0.3 is 4.74 Å². The number of alkyl halides is 3. The van der Waals surface area contributed by atoms with Crippen molar-refractivity contribution < 1.29 is 22.3 Å². The van der Waals surface area contributed by atoms with Crippen LogP contribution in [-0.4, -0.2) is 6.36 Å². The number of ether oxygens (including phenoxy) is 1. The molecule has 0 bridgehead atoms. The van der Waals surface area contributed by atoms with E-state index in [-0.39, 0.29) is 11.7 Å². The van der Waals surface area contributed by atoms with Gasteiger partial charge in [-0.25, -0.2) is 0 Å². The number of hydrogen-bond acceptors (Lipinski definition) is 2. The Morgan fingerprint density at radius 2 is 1.46 bits per heavy atom. The maximum absolute atomic E-state index is 13.1. The van der Waals surface area contributed by atoms with Gasteiger partial charge in [0.1, 0.15) is 11.8 Å². The summed E-state index contributed by atoms with van der Waals surface area (Å²) in [4.78, 5) is 0. The topological polar surface area (TPSA) is 33.0 Å². The van der Waals surface area contributed by atoms with Crippen LogP contribution in [-0.2, 0) is 0 Å². The first-order chi connectivity index (χ1) is 13.3. The van der Waals surface area contributed by atoms with E-state index >= 15 is 0 Å². The van der Waals surface area contributed by atoms with Crippen molar-refractivity contribution in [1.82, 2.24) is 0 Å². The van der Waals surface area contributed by atoms with Crippen molar-refractivity contribution in [2.24, 2.45) is 17.8 Å². The van der Waals surface area contributed by atoms with Gasteiger partial charge in [-0.05, 0) is 98.8 Å². The predicted octanol–water partition coefficient (Wildman–Crippen LogP) is 7.04. The number of benzene rings is 1. The Balaban J connectivity index is 1.47. The molecule has 2 fully saturated rings. The van der Waals surface area contributed by atoms with Gasteiger partial charge >= 0.3 is 6.36 Å². The third-order valence-electron chi connectivity index (χ3n) is 6.33. The van der Waals surface area contributed by atoms with Crippen LogP contribution in [0, 0.1) is 29.1 Å². The maximum Gasteiger partial charge on any atom is 0.573 e. The van der Waals surface area contributed by atoms with Gasteiger partial charge in [0, 0.05) is 0 Å². The van der Waals surface area contributed by atoms with E-state index in [0.717, 1.165) is 56.9 Å². The van der Waals surface area contributed by atoms with Crippen molar-refractivity contribution in [3.63, 3.8) is 0 Å². The molecule has 0 aromatic heterocycles. The lowest BCUT2D eigenvalue weighted by atomic mass is 9.68. The largest absolute Gasteiger partial charge is 0.573 e. The molecular weight excluding hydrogens is 370 g/mol. The molecule has 1 aromatic rings. The number of nitriles is 1. The van der Waals surface area contributed by atoms with Crippen molar-refractivity contribution in [2.75, 3.05) is 0 Å². The van der Waals surface area contributed by atoms with Crippen molar-refractivity contribution in [3.05, 3.63) is 41.7 Å². The molecule has 0 saturated heterocycles. The van der Waals surface area contributed by atoms with E-state index in [1.807, 2.05) is 0 Å². The van der Waals surface area contributed by atoms with Gasteiger partial charge in [-0.15, -0.1) is 13.2 Å². The third-order valence-corrected chi connectivity index (χ3v) is 6.33. The van der Waals surface area contributed by atoms with Gasteiger partial charge in [-0.3, -0.25) is 0 Å². The molecule has 28 heavy (non-hydrogen) atoms. The SMILES string of the molecule is N#C/C(F)=C/C1CCC([C@H]2CC[C@H](c3ccc(OC(F)(F)F)cc3)CC2)CC1. The molecule has 2 saturated carbocycles. The summed E-state index contributed by atoms with van der Waals surface area (Å²) in [5, 5.41) is 8.55. The standard InChI is InChI=1S/C22H25F4NO/c23-20(14-27)13-15-1-3-16(4-2-15)17-5-7-18(8-6-17)19-9-11-21(12-10-19)28-22(24,25)26/h9-13,15-18H,1-8H2/b20-13-/t15?,16?,17-,18-. The number of halogens is 4. The normalized spacial score (nSPS) is 29.2. The van der Waals surface area contributed by atoms with Crippen LogP contribution < -0.4 is 4.74 Å². The molecule has 6 heteroatoms. The summed E-state index contributed by atoms with van der Waals surface area (Å²) in [6.07, 6.45) is 5.22. The Morgan fingerprint density at radius 1 is 0.929 bits per heavy atom. The molecule has 0 radical (unpaired) electrons. The van der Waals surface area contributed by atoms with Crippen molar-refractivity contribution >= 4 is 0 Å². The fourth-order valence-corrected chi connectivity index (χ4v) is 4.89. The quantitative estimate of drug-likeness (QED) is 0.404. The highest BCUT2D eigenvalue weighted by Gasteiger charge is 2.32. The van der Waals surface area contributed by atoms with Crippen LogP contribution in [0.4, 0.5) is 17.6 Å². The van der Waals surface area contributed by atoms with Gasteiger partial charge in [0.2, 0.25) is 0 Å². The Hall–Kier alpha value is -2.03. The van der Waals surface area contributed by atoms with E-state index in [1.54, 1.807) is 18.2 Å². The van der Waals surface area contributed by atoms with Gasteiger partial charge in [-0.1, -0.05) is 12.1 Å². The maximum atomic E-state index is 13.1. The molecule has 2 nitrogen and oxygen atoms in total. The molecule has 1 aromatic carbocycles. The van der Waals surface area contributed by atoms with Gasteiger partial charge in [0.05, 0.1) is 0 Å². The fraction of sp³-hybridized carbons (Fsp3) is 0.591. The number of nitrogens with zero attached hydrogens (tertiary/aromatic N) is 1. The Kier molecular flexibility index (Phi) is 6.64. The first-order valence-corrected chi connectivity index (χ1v) is 9.97. The van der Waals surface area contributed by atoms with Gasteiger partial charge in [-0.2, -0.15) is 9.65 Å². The van der Waals surface area contributed by atoms with Crippen LogP contribution in [0.2, 0.25) is 0 Å². The highest BCUT2D eigenvalue weighted by Crippen LogP contribution is 2.44. The summed E-state index contributed by atoms with van der Waals surface area (Å²) >= 11 is 0. The lowest BCUT2D eigenvalue weighted by Gasteiger charge is -2.37. The zero-order valence-electron chi connectivity index (χ0n) is 15.7. The van der Waals surface area contributed by atoms with E-state index in [4.69, 9.17) is 5.26 Å². The molecule has 152 valence electrons. The summed E-state index contributed by atoms with van der Waals surface area (Å²) in [5.41, 5.74) is 1.08. The average Bonchev–Trinajstić information content (AvgIpc) is 2.68. The zero-order chi connectivity index (χ0) is 20.1. The smallest absolute Gasteiger partial charge is 0.406 e. The molecule has 0 unspecified atom stereocenters. The zero-order valence-corrected chi connectivity index (χ0v) is 15.7. The first kappa shape index (κ1) is 20.7. The molecule has 0 N–H and O–H groups in total. The minimum Gasteiger partial charge on any atom is -0.406 e. The monoisotopic (exact) mass is 395 g/mol. The Labute approximate surface area is 163 Å². The van der Waals surface area contributed by atoms with Crippen LogP contribution in [0.3, 0.4) is 0 Å². The summed E-state index contributed by atoms with van der Waals surface area (Å²) < 4.78 is 53.8. The second kappa shape index (κ2) is 8.98. The summed E-state index contributed by atoms with van der Waals surface area (Å²) in [5.74, 6) is 1.07. The lowest BCUT2D eigenvalue weighted by molar-refractivity contribution is -0.274. The molecule has 0 heterocycles. The second-order valence-corrected chi connectivity index (χ2v) is 8.03. The molecular formula is C22H25F4NO. The number of rotatable bonds is 4. The lowest BCUT2D eigenvalue weighted by Crippen LogP contribution is -2.25. The number of allylic oxidation sites excluding steroid dienone is 2. The van der Waals surface area contributed by atoms with E-state index < -0.39 is 12.2 Å². The van der Waals surface area contributed by atoms with Crippen molar-refractivity contribution in [2.45, 2.75) is 63.6 Å². The fourth-order valence-electron chi connectivity index (χ4n) is 4.89. The van der Waals surface area contributed by atoms with E-state index in [9.17, 15) is 17.6 Å². The van der Waals surface area contributed by atoms with Crippen molar-refractivity contribution in [1.29, 1.82) is 5.26 Å². The van der Waals surface area contributed by atoms with E-state index in [1.165, 1.54) is 18.2 Å². The molecule has 0 aliphatic heterocycles. The van der Waals surface area contributed by atoms with Crippen molar-refractivity contribution in [3.8, 4) is 11.8 Å². The summed E-state index contributed by atoms with van der Waals surface area (Å²) in [6, 6.07) is 7.83. The van der Waals surface area contributed by atoms with Crippen LogP contribution in [0.5, 0.6) is 5.75 Å². The highest BCUT2D eigenvalue weighted by atomic mass is 19.4. The van der Waals surface area contributed by atoms with Gasteiger partial charge in [0.15, 0.2) is 5.83 Å². The molecule has 0 amide bonds. The summed E-state index contributed by atoms with van der Waals surface area (Å²) in [6.45, 7) is 0. The van der Waals surface area contributed by atoms with E-state index in [2.05, 4.69) is 4.74 Å². The first-order valence-electron chi connectivity index (χ1n) is 9.97. The van der Waals surface area contributed by atoms with Crippen LogP contribution in [0.25, 0.3) is 0 Å². The highest BCUT2D eigenvalue weighted by molar-refractivity contribution is 5.30. The summed E-state index contributed by atoms with van der Waals surface area (Å²) in [7, 11) is 0. The molecule has 0 atom stereocenters. The minimum absolute atomic E-state index is 0.177. The minimum atomic E-state index is -4.66. The molecule has 2 aliphatic carbocycles. The van der Waals surface area contributed by atoms with Crippen LogP contribution in [0.1, 0.15) is 62.8 Å². The average molecular weight is 395 g/mol. The predicted molar refractivity (Wildman–Crippen MR) is 98.1 cm³/mol. The second-order valence-electron chi connectivity index (χ2n) is 8.03. The van der Waals surface area contributed by atoms with Crippen LogP contribution >= 0.6 is 0 Å². The molecule has 3 rings (SSSR count). The van der Waals surface area contributed by atoms with Gasteiger partial charge in [0.25, 0.3) is 0 Å².